The van der Waals surface area contributed by atoms with Crippen molar-refractivity contribution in [2.45, 2.75) is 26.8 Å². The number of carbonyl (C=O) groups excluding carboxylic acids is 3. The smallest absolute Gasteiger partial charge is 0.307 e. The number of esters is 1. The number of nitrogens with zero attached hydrogens (tertiary/aromatic N) is 3. The topological polar surface area (TPSA) is 114 Å². The third-order valence-corrected chi connectivity index (χ3v) is 5.16. The molecule has 28 heavy (non-hydrogen) atoms. The van der Waals surface area contributed by atoms with E-state index in [1.807, 2.05) is 13.0 Å². The number of methoxy groups -OCH3 is 1. The van der Waals surface area contributed by atoms with Crippen molar-refractivity contribution >= 4 is 29.1 Å². The second-order valence-corrected chi connectivity index (χ2v) is 6.71. The summed E-state index contributed by atoms with van der Waals surface area (Å²) in [7, 11) is 1.29. The average Bonchev–Trinajstić information content (AvgIpc) is 3.02. The molecule has 0 radical (unpaired) electrons. The van der Waals surface area contributed by atoms with Crippen molar-refractivity contribution in [1.82, 2.24) is 9.88 Å². The molecule has 2 aromatic rings. The molecule has 0 aliphatic rings. The van der Waals surface area contributed by atoms with Crippen LogP contribution >= 0.6 is 11.3 Å². The van der Waals surface area contributed by atoms with Crippen LogP contribution in [0, 0.1) is 18.3 Å². The van der Waals surface area contributed by atoms with Crippen LogP contribution in [0.3, 0.4) is 0 Å². The Hall–Kier alpha value is -3.25. The van der Waals surface area contributed by atoms with E-state index in [9.17, 15) is 14.4 Å². The third-order valence-electron chi connectivity index (χ3n) is 3.98. The normalized spacial score (nSPS) is 11.0. The zero-order chi connectivity index (χ0) is 20.7. The molecule has 0 saturated carbocycles. The molecule has 0 unspecified atom stereocenters. The summed E-state index contributed by atoms with van der Waals surface area (Å²) in [6.45, 7) is 4.37. The summed E-state index contributed by atoms with van der Waals surface area (Å²) in [5, 5.41) is 11.5. The van der Waals surface area contributed by atoms with Crippen LogP contribution in [0.5, 0.6) is 0 Å². The van der Waals surface area contributed by atoms with Gasteiger partial charge in [-0.25, -0.2) is 0 Å². The Morgan fingerprint density at radius 2 is 1.96 bits per heavy atom. The Bertz CT molecular complexity index is 996. The lowest BCUT2D eigenvalue weighted by Crippen LogP contribution is -2.26. The molecule has 1 aromatic heterocycles. The van der Waals surface area contributed by atoms with Gasteiger partial charge in [0.25, 0.3) is 11.8 Å². The van der Waals surface area contributed by atoms with Gasteiger partial charge in [-0.2, -0.15) is 10.3 Å². The lowest BCUT2D eigenvalue weighted by molar-refractivity contribution is -0.140. The van der Waals surface area contributed by atoms with Crippen molar-refractivity contribution in [2.24, 2.45) is 4.99 Å². The minimum atomic E-state index is -0.453. The Morgan fingerprint density at radius 3 is 2.54 bits per heavy atom. The molecule has 0 fully saturated rings. The highest BCUT2D eigenvalue weighted by molar-refractivity contribution is 7.11. The standard InChI is InChI=1S/C19H20N4O4S/c1-4-23-12(2)16(18(26)21-10-9-15(24)27-3)28-19(23)22-17(25)14-7-5-13(11-20)6-8-14/h5-8H,4,9-10H2,1-3H3,(H,21,26). The molecular weight excluding hydrogens is 380 g/mol. The highest BCUT2D eigenvalue weighted by Crippen LogP contribution is 2.13. The first-order valence-corrected chi connectivity index (χ1v) is 9.37. The van der Waals surface area contributed by atoms with Gasteiger partial charge < -0.3 is 14.6 Å². The molecule has 146 valence electrons. The number of nitrogens with one attached hydrogen (secondary N) is 1. The van der Waals surface area contributed by atoms with Crippen molar-refractivity contribution in [3.63, 3.8) is 0 Å². The Balaban J connectivity index is 2.27. The summed E-state index contributed by atoms with van der Waals surface area (Å²) >= 11 is 1.11. The van der Waals surface area contributed by atoms with Gasteiger partial charge in [0, 0.05) is 24.3 Å². The largest absolute Gasteiger partial charge is 0.469 e. The quantitative estimate of drug-likeness (QED) is 0.743. The zero-order valence-corrected chi connectivity index (χ0v) is 16.6. The van der Waals surface area contributed by atoms with E-state index in [0.29, 0.717) is 33.0 Å². The number of hydrogen-bond donors (Lipinski definition) is 1. The van der Waals surface area contributed by atoms with Crippen molar-refractivity contribution in [3.05, 3.63) is 50.8 Å². The zero-order valence-electron chi connectivity index (χ0n) is 15.8. The average molecular weight is 400 g/mol. The number of benzene rings is 1. The van der Waals surface area contributed by atoms with Crippen LogP contribution in [0.2, 0.25) is 0 Å². The summed E-state index contributed by atoms with van der Waals surface area (Å²) < 4.78 is 6.32. The highest BCUT2D eigenvalue weighted by Gasteiger charge is 2.17. The first-order valence-electron chi connectivity index (χ1n) is 8.55. The van der Waals surface area contributed by atoms with Gasteiger partial charge in [0.2, 0.25) is 0 Å². The van der Waals surface area contributed by atoms with Gasteiger partial charge in [-0.1, -0.05) is 11.3 Å². The second-order valence-electron chi connectivity index (χ2n) is 5.73. The van der Waals surface area contributed by atoms with Crippen LogP contribution in [-0.4, -0.2) is 36.0 Å². The number of hydrogen-bond acceptors (Lipinski definition) is 6. The van der Waals surface area contributed by atoms with E-state index in [1.54, 1.807) is 35.8 Å². The van der Waals surface area contributed by atoms with E-state index in [-0.39, 0.29) is 18.9 Å². The Labute approximate surface area is 166 Å². The Morgan fingerprint density at radius 1 is 1.29 bits per heavy atom. The number of carbonyl (C=O) groups is 3. The summed E-state index contributed by atoms with van der Waals surface area (Å²) in [6, 6.07) is 8.18. The van der Waals surface area contributed by atoms with E-state index >= 15 is 0 Å². The van der Waals surface area contributed by atoms with Crippen LogP contribution < -0.4 is 10.1 Å². The van der Waals surface area contributed by atoms with Crippen LogP contribution in [0.1, 0.15) is 44.6 Å². The van der Waals surface area contributed by atoms with Crippen molar-refractivity contribution in [3.8, 4) is 6.07 Å². The monoisotopic (exact) mass is 400 g/mol. The fourth-order valence-electron chi connectivity index (χ4n) is 2.45. The molecular formula is C19H20N4O4S. The van der Waals surface area contributed by atoms with Gasteiger partial charge >= 0.3 is 5.97 Å². The molecule has 9 heteroatoms. The maximum atomic E-state index is 12.4. The first-order chi connectivity index (χ1) is 13.4. The first kappa shape index (κ1) is 21.1. The molecule has 2 rings (SSSR count). The molecule has 1 aromatic carbocycles. The van der Waals surface area contributed by atoms with E-state index in [0.717, 1.165) is 11.3 Å². The van der Waals surface area contributed by atoms with E-state index < -0.39 is 11.9 Å². The lowest BCUT2D eigenvalue weighted by Gasteiger charge is -2.05. The molecule has 0 aliphatic carbocycles. The fraction of sp³-hybridized carbons (Fsp3) is 0.316. The van der Waals surface area contributed by atoms with E-state index in [4.69, 9.17) is 5.26 Å². The lowest BCUT2D eigenvalue weighted by atomic mass is 10.1. The van der Waals surface area contributed by atoms with Crippen molar-refractivity contribution in [1.29, 1.82) is 5.26 Å². The van der Waals surface area contributed by atoms with E-state index in [1.165, 1.54) is 7.11 Å². The maximum absolute atomic E-state index is 12.4. The van der Waals surface area contributed by atoms with E-state index in [2.05, 4.69) is 15.0 Å². The van der Waals surface area contributed by atoms with Gasteiger partial charge in [0.15, 0.2) is 4.80 Å². The number of amides is 2. The molecule has 0 bridgehead atoms. The van der Waals surface area contributed by atoms with Gasteiger partial charge in [0.1, 0.15) is 4.88 Å². The summed E-state index contributed by atoms with van der Waals surface area (Å²) in [6.07, 6.45) is 0.0782. The molecule has 0 aliphatic heterocycles. The number of nitriles is 1. The van der Waals surface area contributed by atoms with Crippen LogP contribution in [0.4, 0.5) is 0 Å². The Kier molecular flexibility index (Phi) is 7.23. The van der Waals surface area contributed by atoms with Crippen molar-refractivity contribution < 1.29 is 19.1 Å². The molecule has 8 nitrogen and oxygen atoms in total. The molecule has 0 spiro atoms. The minimum absolute atomic E-state index is 0.0782. The van der Waals surface area contributed by atoms with Gasteiger partial charge in [0.05, 0.1) is 25.2 Å². The summed E-state index contributed by atoms with van der Waals surface area (Å²) in [4.78, 5) is 41.0. The van der Waals surface area contributed by atoms with Crippen LogP contribution in [-0.2, 0) is 16.1 Å². The fourth-order valence-corrected chi connectivity index (χ4v) is 3.56. The molecule has 1 N–H and O–H groups in total. The molecule has 0 saturated heterocycles. The van der Waals surface area contributed by atoms with Crippen molar-refractivity contribution in [2.75, 3.05) is 13.7 Å². The number of aromatic nitrogens is 1. The molecule has 1 heterocycles. The molecule has 2 amide bonds. The third kappa shape index (κ3) is 4.92. The van der Waals surface area contributed by atoms with Crippen LogP contribution in [0.15, 0.2) is 29.3 Å². The van der Waals surface area contributed by atoms with Gasteiger partial charge in [-0.3, -0.25) is 14.4 Å². The van der Waals surface area contributed by atoms with Crippen LogP contribution in [0.25, 0.3) is 0 Å². The SMILES string of the molecule is CCn1c(C)c(C(=O)NCCC(=O)OC)sc1=NC(=O)c1ccc(C#N)cc1. The predicted molar refractivity (Wildman–Crippen MR) is 103 cm³/mol. The summed E-state index contributed by atoms with van der Waals surface area (Å²) in [5.41, 5.74) is 1.50. The second kappa shape index (κ2) is 9.62. The molecule has 0 atom stereocenters. The number of rotatable bonds is 6. The number of thiazole rings is 1. The van der Waals surface area contributed by atoms with Gasteiger partial charge in [-0.05, 0) is 38.1 Å². The highest BCUT2D eigenvalue weighted by atomic mass is 32.1. The predicted octanol–water partition coefficient (Wildman–Crippen LogP) is 1.78. The number of ether oxygens (including phenoxy) is 1. The maximum Gasteiger partial charge on any atom is 0.307 e. The summed E-state index contributed by atoms with van der Waals surface area (Å²) in [5.74, 6) is -1.19. The van der Waals surface area contributed by atoms with Gasteiger partial charge in [-0.15, -0.1) is 0 Å². The minimum Gasteiger partial charge on any atom is -0.469 e.